The topological polar surface area (TPSA) is 60.2 Å². The van der Waals surface area contributed by atoms with Crippen LogP contribution in [0.25, 0.3) is 11.1 Å². The largest absolute Gasteiger partial charge is 0.487 e. The van der Waals surface area contributed by atoms with Crippen LogP contribution in [0.1, 0.15) is 17.3 Å². The molecule has 160 valence electrons. The number of para-hydroxylation sites is 1. The van der Waals surface area contributed by atoms with Crippen LogP contribution in [0.2, 0.25) is 0 Å². The second-order valence-electron chi connectivity index (χ2n) is 7.98. The molecule has 0 unspecified atom stereocenters. The number of carbonyl (C=O) groups excluding carboxylic acids is 1. The average Bonchev–Trinajstić information content (AvgIpc) is 3.27. The molecule has 1 aliphatic rings. The third kappa shape index (κ3) is 4.54. The minimum Gasteiger partial charge on any atom is -0.487 e. The van der Waals surface area contributed by atoms with E-state index in [2.05, 4.69) is 34.6 Å². The average molecular weight is 425 g/mol. The molecule has 32 heavy (non-hydrogen) atoms. The van der Waals surface area contributed by atoms with Crippen LogP contribution in [-0.4, -0.2) is 38.9 Å². The van der Waals surface area contributed by atoms with E-state index in [1.807, 2.05) is 76.4 Å². The molecule has 4 aromatic rings. The molecule has 6 nitrogen and oxygen atoms in total. The van der Waals surface area contributed by atoms with Gasteiger partial charge in [-0.1, -0.05) is 78.0 Å². The van der Waals surface area contributed by atoms with Gasteiger partial charge >= 0.3 is 0 Å². The highest BCUT2D eigenvalue weighted by Gasteiger charge is 2.32. The van der Waals surface area contributed by atoms with E-state index in [1.54, 1.807) is 0 Å². The fourth-order valence-corrected chi connectivity index (χ4v) is 3.79. The number of hydrogen-bond acceptors (Lipinski definition) is 4. The molecular weight excluding hydrogens is 400 g/mol. The third-order valence-electron chi connectivity index (χ3n) is 5.69. The minimum absolute atomic E-state index is 0.140. The van der Waals surface area contributed by atoms with Gasteiger partial charge in [0.05, 0.1) is 18.7 Å². The van der Waals surface area contributed by atoms with Crippen LogP contribution in [0.3, 0.4) is 0 Å². The summed E-state index contributed by atoms with van der Waals surface area (Å²) in [5, 5.41) is 8.40. The smallest absolute Gasteiger partial charge is 0.227 e. The van der Waals surface area contributed by atoms with Crippen LogP contribution >= 0.6 is 0 Å². The summed E-state index contributed by atoms with van der Waals surface area (Å²) >= 11 is 0. The maximum Gasteiger partial charge on any atom is 0.227 e. The lowest BCUT2D eigenvalue weighted by Gasteiger charge is -2.39. The van der Waals surface area contributed by atoms with Crippen molar-refractivity contribution in [1.29, 1.82) is 0 Å². The maximum absolute atomic E-state index is 12.7. The predicted octanol–water partition coefficient (Wildman–Crippen LogP) is 4.15. The number of ether oxygens (including phenoxy) is 1. The van der Waals surface area contributed by atoms with E-state index in [-0.39, 0.29) is 11.9 Å². The molecular formula is C26H24N4O2. The first kappa shape index (κ1) is 20.0. The normalized spacial score (nSPS) is 13.6. The van der Waals surface area contributed by atoms with Gasteiger partial charge in [-0.2, -0.15) is 0 Å². The SMILES string of the molecule is O=C(Cc1ccc(-c2ccccc2)cc1)N1CC(n2cc(COc3ccccc3)nn2)C1. The van der Waals surface area contributed by atoms with Gasteiger partial charge in [0.1, 0.15) is 18.1 Å². The predicted molar refractivity (Wildman–Crippen MR) is 122 cm³/mol. The molecule has 0 saturated carbocycles. The lowest BCUT2D eigenvalue weighted by atomic mass is 10.0. The van der Waals surface area contributed by atoms with Gasteiger partial charge in [-0.25, -0.2) is 4.68 Å². The Balaban J connectivity index is 1.11. The van der Waals surface area contributed by atoms with Crippen LogP contribution in [0.4, 0.5) is 0 Å². The molecule has 3 aromatic carbocycles. The van der Waals surface area contributed by atoms with E-state index in [4.69, 9.17) is 4.74 Å². The summed E-state index contributed by atoms with van der Waals surface area (Å²) in [7, 11) is 0. The number of amides is 1. The van der Waals surface area contributed by atoms with Gasteiger partial charge in [-0.3, -0.25) is 4.79 Å². The molecule has 0 atom stereocenters. The molecule has 1 amide bonds. The number of aromatic nitrogens is 3. The minimum atomic E-state index is 0.140. The van der Waals surface area contributed by atoms with E-state index in [0.717, 1.165) is 22.6 Å². The Bertz CT molecular complexity index is 1170. The Morgan fingerprint density at radius 3 is 2.25 bits per heavy atom. The zero-order valence-corrected chi connectivity index (χ0v) is 17.7. The first-order valence-corrected chi connectivity index (χ1v) is 10.8. The van der Waals surface area contributed by atoms with Gasteiger partial charge in [0.25, 0.3) is 0 Å². The van der Waals surface area contributed by atoms with Crippen LogP contribution < -0.4 is 4.74 Å². The van der Waals surface area contributed by atoms with Gasteiger partial charge in [0, 0.05) is 13.1 Å². The molecule has 6 heteroatoms. The Labute approximate surface area is 187 Å². The number of nitrogens with zero attached hydrogens (tertiary/aromatic N) is 4. The first-order valence-electron chi connectivity index (χ1n) is 10.8. The van der Waals surface area contributed by atoms with Gasteiger partial charge in [-0.05, 0) is 28.8 Å². The molecule has 0 radical (unpaired) electrons. The van der Waals surface area contributed by atoms with Crippen molar-refractivity contribution < 1.29 is 9.53 Å². The van der Waals surface area contributed by atoms with Crippen molar-refractivity contribution in [2.45, 2.75) is 19.1 Å². The fraction of sp³-hybridized carbons (Fsp3) is 0.192. The lowest BCUT2D eigenvalue weighted by molar-refractivity contribution is -0.136. The van der Waals surface area contributed by atoms with Gasteiger partial charge in [-0.15, -0.1) is 5.10 Å². The van der Waals surface area contributed by atoms with Crippen LogP contribution in [0.5, 0.6) is 5.75 Å². The zero-order chi connectivity index (χ0) is 21.8. The second-order valence-corrected chi connectivity index (χ2v) is 7.98. The standard InChI is InChI=1S/C26H24N4O2/c31-26(15-20-11-13-22(14-12-20)21-7-3-1-4-8-21)29-17-24(18-29)30-16-23(27-28-30)19-32-25-9-5-2-6-10-25/h1-14,16,24H,15,17-19H2. The maximum atomic E-state index is 12.7. The molecule has 1 fully saturated rings. The van der Waals surface area contributed by atoms with Crippen molar-refractivity contribution in [3.8, 4) is 16.9 Å². The van der Waals surface area contributed by atoms with Crippen LogP contribution in [0.15, 0.2) is 91.1 Å². The number of likely N-dealkylation sites (tertiary alicyclic amines) is 1. The van der Waals surface area contributed by atoms with E-state index < -0.39 is 0 Å². The first-order chi connectivity index (χ1) is 15.7. The Hall–Kier alpha value is -3.93. The highest BCUT2D eigenvalue weighted by atomic mass is 16.5. The number of rotatable bonds is 7. The zero-order valence-electron chi connectivity index (χ0n) is 17.7. The molecule has 0 bridgehead atoms. The summed E-state index contributed by atoms with van der Waals surface area (Å²) in [6.45, 7) is 1.69. The third-order valence-corrected chi connectivity index (χ3v) is 5.69. The van der Waals surface area contributed by atoms with Crippen LogP contribution in [0, 0.1) is 0 Å². The van der Waals surface area contributed by atoms with Crippen molar-refractivity contribution in [1.82, 2.24) is 19.9 Å². The summed E-state index contributed by atoms with van der Waals surface area (Å²) < 4.78 is 7.55. The van der Waals surface area contributed by atoms with Crippen molar-refractivity contribution in [2.24, 2.45) is 0 Å². The van der Waals surface area contributed by atoms with Crippen LogP contribution in [-0.2, 0) is 17.8 Å². The monoisotopic (exact) mass is 424 g/mol. The molecule has 0 aliphatic carbocycles. The number of hydrogen-bond donors (Lipinski definition) is 0. The van der Waals surface area contributed by atoms with E-state index in [9.17, 15) is 4.79 Å². The summed E-state index contributed by atoms with van der Waals surface area (Å²) in [4.78, 5) is 14.5. The van der Waals surface area contributed by atoms with Crippen molar-refractivity contribution >= 4 is 5.91 Å². The highest BCUT2D eigenvalue weighted by molar-refractivity contribution is 5.80. The Kier molecular flexibility index (Phi) is 5.66. The number of carbonyl (C=O) groups is 1. The fourth-order valence-electron chi connectivity index (χ4n) is 3.79. The second kappa shape index (κ2) is 9.06. The Morgan fingerprint density at radius 2 is 1.53 bits per heavy atom. The van der Waals surface area contributed by atoms with Crippen molar-refractivity contribution in [2.75, 3.05) is 13.1 Å². The molecule has 2 heterocycles. The van der Waals surface area contributed by atoms with Crippen molar-refractivity contribution in [3.63, 3.8) is 0 Å². The van der Waals surface area contributed by atoms with Gasteiger partial charge in [0.2, 0.25) is 5.91 Å². The van der Waals surface area contributed by atoms with E-state index in [0.29, 0.717) is 26.1 Å². The van der Waals surface area contributed by atoms with E-state index >= 15 is 0 Å². The highest BCUT2D eigenvalue weighted by Crippen LogP contribution is 2.23. The van der Waals surface area contributed by atoms with E-state index in [1.165, 1.54) is 5.56 Å². The summed E-state index contributed by atoms with van der Waals surface area (Å²) in [5.74, 6) is 0.945. The number of benzene rings is 3. The van der Waals surface area contributed by atoms with Gasteiger partial charge < -0.3 is 9.64 Å². The molecule has 0 spiro atoms. The summed E-state index contributed by atoms with van der Waals surface area (Å²) in [6, 6.07) is 28.3. The van der Waals surface area contributed by atoms with Gasteiger partial charge in [0.15, 0.2) is 0 Å². The van der Waals surface area contributed by atoms with Crippen molar-refractivity contribution in [3.05, 3.63) is 102 Å². The molecule has 1 saturated heterocycles. The quantitative estimate of drug-likeness (QED) is 0.447. The Morgan fingerprint density at radius 1 is 0.875 bits per heavy atom. The summed E-state index contributed by atoms with van der Waals surface area (Å²) in [5.41, 5.74) is 4.14. The molecule has 1 aliphatic heterocycles. The molecule has 0 N–H and O–H groups in total. The summed E-state index contributed by atoms with van der Waals surface area (Å²) in [6.07, 6.45) is 2.31. The lowest BCUT2D eigenvalue weighted by Crippen LogP contribution is -2.51. The molecule has 1 aromatic heterocycles. The molecule has 5 rings (SSSR count).